The highest BCUT2D eigenvalue weighted by Gasteiger charge is 2.34. The van der Waals surface area contributed by atoms with E-state index in [-0.39, 0.29) is 5.03 Å². The van der Waals surface area contributed by atoms with Gasteiger partial charge in [-0.2, -0.15) is 23.0 Å². The minimum Gasteiger partial charge on any atom is -0.288 e. The van der Waals surface area contributed by atoms with Crippen molar-refractivity contribution in [3.63, 3.8) is 0 Å². The zero-order valence-corrected chi connectivity index (χ0v) is 16.7. The minimum atomic E-state index is -3.97. The molecule has 1 aliphatic rings. The van der Waals surface area contributed by atoms with Gasteiger partial charge in [-0.05, 0) is 18.2 Å². The van der Waals surface area contributed by atoms with E-state index < -0.39 is 10.0 Å². The highest BCUT2D eigenvalue weighted by atomic mass is 32.2. The number of nitrogens with zero attached hydrogens (tertiary/aromatic N) is 6. The van der Waals surface area contributed by atoms with E-state index in [9.17, 15) is 8.42 Å². The topological polar surface area (TPSA) is 137 Å². The van der Waals surface area contributed by atoms with E-state index in [4.69, 9.17) is 0 Å². The molecule has 154 valence electrons. The summed E-state index contributed by atoms with van der Waals surface area (Å²) in [6.45, 7) is 0.303. The zero-order chi connectivity index (χ0) is 21.0. The third-order valence-electron chi connectivity index (χ3n) is 5.20. The van der Waals surface area contributed by atoms with Gasteiger partial charge < -0.3 is 0 Å². The molecule has 3 N–H and O–H groups in total. The van der Waals surface area contributed by atoms with Gasteiger partial charge in [-0.25, -0.2) is 10.4 Å². The summed E-state index contributed by atoms with van der Waals surface area (Å²) in [7, 11) is -3.97. The summed E-state index contributed by atoms with van der Waals surface area (Å²) < 4.78 is 29.9. The number of sulfonamides is 1. The number of rotatable bonds is 4. The molecule has 11 nitrogen and oxygen atoms in total. The Hall–Kier alpha value is -4.03. The highest BCUT2D eigenvalue weighted by molar-refractivity contribution is 7.92. The Labute approximate surface area is 175 Å². The molecular weight excluding hydrogens is 418 g/mol. The Morgan fingerprint density at radius 1 is 0.871 bits per heavy atom. The molecule has 31 heavy (non-hydrogen) atoms. The number of anilines is 1. The van der Waals surface area contributed by atoms with Gasteiger partial charge in [-0.3, -0.25) is 19.6 Å². The van der Waals surface area contributed by atoms with Crippen LogP contribution in [0.5, 0.6) is 0 Å². The lowest BCUT2D eigenvalue weighted by Gasteiger charge is -2.19. The standard InChI is InChI=1S/C19H15N9O2S/c29-31(30,19-10-21-18-2-1-12(11-27(18)19)14-5-22-23-6-14)28-17-3-13(15-7-24-25-8-15)4-20-16(17)9-26-28/h1-8,10-11,26H,9H2,(H,22,23)(H,24,25). The first-order valence-corrected chi connectivity index (χ1v) is 10.8. The first kappa shape index (κ1) is 17.8. The quantitative estimate of drug-likeness (QED) is 0.392. The first-order chi connectivity index (χ1) is 15.1. The molecule has 6 rings (SSSR count). The molecule has 6 heterocycles. The third kappa shape index (κ3) is 2.73. The number of imidazole rings is 1. The smallest absolute Gasteiger partial charge is 0.288 e. The van der Waals surface area contributed by atoms with Gasteiger partial charge in [0.1, 0.15) is 5.65 Å². The Morgan fingerprint density at radius 2 is 1.65 bits per heavy atom. The van der Waals surface area contributed by atoms with Crippen molar-refractivity contribution >= 4 is 21.4 Å². The monoisotopic (exact) mass is 433 g/mol. The molecule has 0 aliphatic carbocycles. The number of H-pyrrole nitrogens is 2. The molecule has 0 fully saturated rings. The fraction of sp³-hybridized carbons (Fsp3) is 0.0526. The van der Waals surface area contributed by atoms with E-state index in [0.717, 1.165) is 26.7 Å². The maximum atomic E-state index is 13.6. The number of fused-ring (bicyclic) bond motifs is 2. The highest BCUT2D eigenvalue weighted by Crippen LogP contribution is 2.33. The van der Waals surface area contributed by atoms with E-state index in [1.807, 2.05) is 6.07 Å². The Bertz CT molecular complexity index is 1510. The lowest BCUT2D eigenvalue weighted by atomic mass is 10.1. The fourth-order valence-corrected chi connectivity index (χ4v) is 5.05. The number of hydrogen-bond donors (Lipinski definition) is 3. The molecule has 0 atom stereocenters. The SMILES string of the molecule is O=S(=O)(c1cnc2ccc(-c3cn[nH]c3)cn12)N1NCc2ncc(-c3cn[nH]c3)cc21. The summed E-state index contributed by atoms with van der Waals surface area (Å²) in [6.07, 6.45) is 11.6. The second-order valence-electron chi connectivity index (χ2n) is 7.01. The normalized spacial score (nSPS) is 13.7. The van der Waals surface area contributed by atoms with Crippen LogP contribution in [-0.2, 0) is 16.6 Å². The van der Waals surface area contributed by atoms with Crippen LogP contribution in [0.1, 0.15) is 5.69 Å². The van der Waals surface area contributed by atoms with Crippen molar-refractivity contribution < 1.29 is 8.42 Å². The number of nitrogens with one attached hydrogen (secondary N) is 3. The second-order valence-corrected chi connectivity index (χ2v) is 8.74. The van der Waals surface area contributed by atoms with E-state index in [0.29, 0.717) is 23.6 Å². The lowest BCUT2D eigenvalue weighted by Crippen LogP contribution is -2.38. The van der Waals surface area contributed by atoms with Crippen LogP contribution in [0.4, 0.5) is 5.69 Å². The van der Waals surface area contributed by atoms with Crippen molar-refractivity contribution in [1.82, 2.24) is 40.2 Å². The number of hydrazine groups is 1. The lowest BCUT2D eigenvalue weighted by molar-refractivity contribution is 0.577. The predicted molar refractivity (Wildman–Crippen MR) is 111 cm³/mol. The number of pyridine rings is 2. The Morgan fingerprint density at radius 3 is 2.39 bits per heavy atom. The maximum Gasteiger partial charge on any atom is 0.295 e. The van der Waals surface area contributed by atoms with Gasteiger partial charge >= 0.3 is 0 Å². The van der Waals surface area contributed by atoms with Crippen LogP contribution in [0.15, 0.2) is 66.6 Å². The van der Waals surface area contributed by atoms with E-state index in [1.165, 1.54) is 6.20 Å². The summed E-state index contributed by atoms with van der Waals surface area (Å²) in [6, 6.07) is 5.42. The molecule has 0 saturated heterocycles. The largest absolute Gasteiger partial charge is 0.295 e. The van der Waals surface area contributed by atoms with Gasteiger partial charge in [0.05, 0.1) is 36.5 Å². The second kappa shape index (κ2) is 6.48. The average Bonchev–Trinajstić information content (AvgIpc) is 3.58. The van der Waals surface area contributed by atoms with Crippen molar-refractivity contribution in [3.8, 4) is 22.3 Å². The molecule has 0 unspecified atom stereocenters. The summed E-state index contributed by atoms with van der Waals surface area (Å²) >= 11 is 0. The molecule has 1 aliphatic heterocycles. The van der Waals surface area contributed by atoms with Crippen LogP contribution < -0.4 is 9.84 Å². The Kier molecular flexibility index (Phi) is 3.72. The molecule has 0 bridgehead atoms. The summed E-state index contributed by atoms with van der Waals surface area (Å²) in [5.74, 6) is 0. The van der Waals surface area contributed by atoms with Crippen LogP contribution in [-0.4, -0.2) is 43.2 Å². The molecular formula is C19H15N9O2S. The predicted octanol–water partition coefficient (Wildman–Crippen LogP) is 1.72. The molecule has 12 heteroatoms. The average molecular weight is 433 g/mol. The van der Waals surface area contributed by atoms with Crippen LogP contribution in [0, 0.1) is 0 Å². The summed E-state index contributed by atoms with van der Waals surface area (Å²) in [5.41, 5.74) is 7.81. The molecule has 5 aromatic heterocycles. The fourth-order valence-electron chi connectivity index (χ4n) is 3.63. The molecule has 0 amide bonds. The van der Waals surface area contributed by atoms with E-state index in [2.05, 4.69) is 35.8 Å². The third-order valence-corrected chi connectivity index (χ3v) is 6.83. The van der Waals surface area contributed by atoms with Gasteiger partial charge in [-0.1, -0.05) is 0 Å². The van der Waals surface area contributed by atoms with Gasteiger partial charge in [0.15, 0.2) is 5.03 Å². The van der Waals surface area contributed by atoms with Crippen LogP contribution in [0.3, 0.4) is 0 Å². The summed E-state index contributed by atoms with van der Waals surface area (Å²) in [4.78, 5) is 8.70. The minimum absolute atomic E-state index is 0.0434. The molecule has 0 saturated carbocycles. The van der Waals surface area contributed by atoms with Gasteiger partial charge in [0.2, 0.25) is 0 Å². The number of aromatic nitrogens is 7. The van der Waals surface area contributed by atoms with Crippen LogP contribution >= 0.6 is 0 Å². The number of aromatic amines is 2. The van der Waals surface area contributed by atoms with E-state index in [1.54, 1.807) is 53.7 Å². The first-order valence-electron chi connectivity index (χ1n) is 9.34. The van der Waals surface area contributed by atoms with Crippen LogP contribution in [0.2, 0.25) is 0 Å². The van der Waals surface area contributed by atoms with E-state index >= 15 is 0 Å². The molecule has 0 radical (unpaired) electrons. The van der Waals surface area contributed by atoms with Crippen molar-refractivity contribution in [2.24, 2.45) is 0 Å². The van der Waals surface area contributed by atoms with Crippen molar-refractivity contribution in [2.45, 2.75) is 11.6 Å². The van der Waals surface area contributed by atoms with Crippen LogP contribution in [0.25, 0.3) is 27.9 Å². The molecule has 0 aromatic carbocycles. The molecule has 5 aromatic rings. The van der Waals surface area contributed by atoms with Crippen molar-refractivity contribution in [2.75, 3.05) is 4.41 Å². The van der Waals surface area contributed by atoms with Gasteiger partial charge in [0.25, 0.3) is 10.0 Å². The maximum absolute atomic E-state index is 13.6. The Balaban J connectivity index is 1.46. The number of hydrogen-bond acceptors (Lipinski definition) is 7. The zero-order valence-electron chi connectivity index (χ0n) is 15.9. The van der Waals surface area contributed by atoms with Crippen molar-refractivity contribution in [1.29, 1.82) is 0 Å². The van der Waals surface area contributed by atoms with Gasteiger partial charge in [0, 0.05) is 47.0 Å². The van der Waals surface area contributed by atoms with Crippen molar-refractivity contribution in [3.05, 3.63) is 67.3 Å². The molecule has 0 spiro atoms. The van der Waals surface area contributed by atoms with Gasteiger partial charge in [-0.15, -0.1) is 0 Å². The summed E-state index contributed by atoms with van der Waals surface area (Å²) in [5, 5.41) is 13.5.